The van der Waals surface area contributed by atoms with Crippen LogP contribution in [0.1, 0.15) is 39.5 Å². The smallest absolute Gasteiger partial charge is 0.224 e. The van der Waals surface area contributed by atoms with Crippen LogP contribution in [0, 0.1) is 0 Å². The third-order valence-electron chi connectivity index (χ3n) is 3.82. The van der Waals surface area contributed by atoms with Crippen LogP contribution in [0.3, 0.4) is 0 Å². The number of benzene rings is 1. The number of anilines is 1. The maximum absolute atomic E-state index is 12.0. The summed E-state index contributed by atoms with van der Waals surface area (Å²) in [5.74, 6) is 1.30. The summed E-state index contributed by atoms with van der Waals surface area (Å²) >= 11 is 0. The van der Waals surface area contributed by atoms with Crippen molar-refractivity contribution >= 4 is 41.5 Å². The molecule has 0 aliphatic carbocycles. The number of rotatable bonds is 6. The first-order valence-electron chi connectivity index (χ1n) is 8.66. The van der Waals surface area contributed by atoms with E-state index in [0.29, 0.717) is 18.9 Å². The van der Waals surface area contributed by atoms with Gasteiger partial charge in [-0.15, -0.1) is 24.0 Å². The monoisotopic (exact) mass is 460 g/mol. The molecule has 1 saturated heterocycles. The first kappa shape index (κ1) is 21.5. The van der Waals surface area contributed by atoms with E-state index in [1.165, 1.54) is 6.42 Å². The molecule has 1 aliphatic heterocycles. The van der Waals surface area contributed by atoms with Crippen molar-refractivity contribution in [3.05, 3.63) is 24.3 Å². The molecule has 140 valence electrons. The van der Waals surface area contributed by atoms with E-state index in [0.717, 1.165) is 37.4 Å². The second-order valence-corrected chi connectivity index (χ2v) is 6.27. The molecule has 0 spiro atoms. The van der Waals surface area contributed by atoms with E-state index in [2.05, 4.69) is 10.3 Å². The highest BCUT2D eigenvalue weighted by molar-refractivity contribution is 14.0. The lowest BCUT2D eigenvalue weighted by Crippen LogP contribution is -2.36. The molecule has 2 rings (SSSR count). The maximum Gasteiger partial charge on any atom is 0.224 e. The highest BCUT2D eigenvalue weighted by Crippen LogP contribution is 2.16. The number of aliphatic imine (C=N–C) groups is 1. The number of halogens is 1. The molecule has 6 nitrogen and oxygen atoms in total. The van der Waals surface area contributed by atoms with Crippen LogP contribution in [-0.2, 0) is 4.79 Å². The molecule has 7 heteroatoms. The molecule has 3 N–H and O–H groups in total. The van der Waals surface area contributed by atoms with Crippen LogP contribution in [0.5, 0.6) is 5.75 Å². The minimum absolute atomic E-state index is 0. The summed E-state index contributed by atoms with van der Waals surface area (Å²) in [5, 5.41) is 3.02. The number of likely N-dealkylation sites (tertiary alicyclic amines) is 1. The molecule has 1 aromatic carbocycles. The van der Waals surface area contributed by atoms with Crippen LogP contribution in [0.2, 0.25) is 0 Å². The van der Waals surface area contributed by atoms with Gasteiger partial charge >= 0.3 is 0 Å². The zero-order valence-corrected chi connectivity index (χ0v) is 17.4. The number of hydrogen-bond acceptors (Lipinski definition) is 3. The Morgan fingerprint density at radius 3 is 2.48 bits per heavy atom. The Morgan fingerprint density at radius 1 is 1.24 bits per heavy atom. The second kappa shape index (κ2) is 11.2. The van der Waals surface area contributed by atoms with Gasteiger partial charge in [0.05, 0.1) is 12.6 Å². The van der Waals surface area contributed by atoms with Crippen LogP contribution in [0.15, 0.2) is 29.3 Å². The third kappa shape index (κ3) is 7.94. The first-order valence-corrected chi connectivity index (χ1v) is 8.66. The van der Waals surface area contributed by atoms with Gasteiger partial charge in [0, 0.05) is 25.2 Å². The lowest BCUT2D eigenvalue weighted by molar-refractivity contribution is -0.131. The fourth-order valence-electron chi connectivity index (χ4n) is 2.65. The van der Waals surface area contributed by atoms with E-state index in [9.17, 15) is 4.79 Å². The Kier molecular flexibility index (Phi) is 9.62. The number of amides is 1. The average molecular weight is 460 g/mol. The fourth-order valence-corrected chi connectivity index (χ4v) is 2.65. The number of carbonyl (C=O) groups is 1. The summed E-state index contributed by atoms with van der Waals surface area (Å²) in [6, 6.07) is 7.54. The van der Waals surface area contributed by atoms with Gasteiger partial charge in [-0.1, -0.05) is 0 Å². The third-order valence-corrected chi connectivity index (χ3v) is 3.82. The zero-order chi connectivity index (χ0) is 17.4. The van der Waals surface area contributed by atoms with Gasteiger partial charge in [0.25, 0.3) is 0 Å². The van der Waals surface area contributed by atoms with E-state index in [4.69, 9.17) is 10.5 Å². The van der Waals surface area contributed by atoms with Crippen molar-refractivity contribution in [3.8, 4) is 5.75 Å². The van der Waals surface area contributed by atoms with Gasteiger partial charge in [-0.2, -0.15) is 0 Å². The zero-order valence-electron chi connectivity index (χ0n) is 15.0. The molecule has 0 radical (unpaired) electrons. The normalized spacial score (nSPS) is 14.8. The van der Waals surface area contributed by atoms with Crippen molar-refractivity contribution in [1.29, 1.82) is 0 Å². The molecule has 0 unspecified atom stereocenters. The van der Waals surface area contributed by atoms with E-state index in [1.807, 2.05) is 43.0 Å². The van der Waals surface area contributed by atoms with Crippen molar-refractivity contribution in [2.45, 2.75) is 45.6 Å². The van der Waals surface area contributed by atoms with E-state index < -0.39 is 0 Å². The van der Waals surface area contributed by atoms with Crippen molar-refractivity contribution in [3.63, 3.8) is 0 Å². The summed E-state index contributed by atoms with van der Waals surface area (Å²) in [7, 11) is 0. The SMILES string of the molecule is CC(C)Oc1ccc(NC(N)=NCCC(=O)N2CCCCC2)cc1.I. The van der Waals surface area contributed by atoms with Gasteiger partial charge < -0.3 is 20.7 Å². The molecule has 1 amide bonds. The fraction of sp³-hybridized carbons (Fsp3) is 0.556. The summed E-state index contributed by atoms with van der Waals surface area (Å²) in [5.41, 5.74) is 6.71. The molecule has 0 aromatic heterocycles. The number of hydrogen-bond donors (Lipinski definition) is 2. The van der Waals surface area contributed by atoms with Crippen LogP contribution in [0.25, 0.3) is 0 Å². The highest BCUT2D eigenvalue weighted by Gasteiger charge is 2.15. The molecule has 0 bridgehead atoms. The molecule has 25 heavy (non-hydrogen) atoms. The molecule has 1 heterocycles. The molecular formula is C18H29IN4O2. The number of ether oxygens (including phenoxy) is 1. The number of guanidine groups is 1. The van der Waals surface area contributed by atoms with Crippen LogP contribution in [-0.4, -0.2) is 42.5 Å². The van der Waals surface area contributed by atoms with E-state index in [1.54, 1.807) is 0 Å². The summed E-state index contributed by atoms with van der Waals surface area (Å²) < 4.78 is 5.59. The predicted octanol–water partition coefficient (Wildman–Crippen LogP) is 3.22. The Labute approximate surface area is 167 Å². The van der Waals surface area contributed by atoms with Crippen LogP contribution < -0.4 is 15.8 Å². The lowest BCUT2D eigenvalue weighted by atomic mass is 10.1. The summed E-state index contributed by atoms with van der Waals surface area (Å²) in [6.07, 6.45) is 3.99. The van der Waals surface area contributed by atoms with Crippen LogP contribution in [0.4, 0.5) is 5.69 Å². The van der Waals surface area contributed by atoms with Crippen molar-refractivity contribution in [2.75, 3.05) is 25.0 Å². The second-order valence-electron chi connectivity index (χ2n) is 6.27. The predicted molar refractivity (Wildman–Crippen MR) is 113 cm³/mol. The van der Waals surface area contributed by atoms with Gasteiger partial charge in [-0.25, -0.2) is 0 Å². The molecule has 1 aromatic rings. The Hall–Kier alpha value is -1.51. The number of piperidine rings is 1. The molecular weight excluding hydrogens is 431 g/mol. The summed E-state index contributed by atoms with van der Waals surface area (Å²) in [4.78, 5) is 18.2. The molecule has 0 atom stereocenters. The molecule has 0 saturated carbocycles. The van der Waals surface area contributed by atoms with Gasteiger partial charge in [-0.05, 0) is 57.4 Å². The largest absolute Gasteiger partial charge is 0.491 e. The summed E-state index contributed by atoms with van der Waals surface area (Å²) in [6.45, 7) is 6.13. The minimum atomic E-state index is 0. The lowest BCUT2D eigenvalue weighted by Gasteiger charge is -2.26. The topological polar surface area (TPSA) is 80.0 Å². The minimum Gasteiger partial charge on any atom is -0.491 e. The van der Waals surface area contributed by atoms with Crippen LogP contribution >= 0.6 is 24.0 Å². The highest BCUT2D eigenvalue weighted by atomic mass is 127. The molecule has 1 fully saturated rings. The number of nitrogens with one attached hydrogen (secondary N) is 1. The van der Waals surface area contributed by atoms with Crippen molar-refractivity contribution in [1.82, 2.24) is 4.90 Å². The quantitative estimate of drug-likeness (QED) is 0.388. The average Bonchev–Trinajstić information content (AvgIpc) is 2.57. The van der Waals surface area contributed by atoms with Gasteiger partial charge in [-0.3, -0.25) is 9.79 Å². The van der Waals surface area contributed by atoms with E-state index in [-0.39, 0.29) is 36.0 Å². The Balaban J connectivity index is 0.00000312. The van der Waals surface area contributed by atoms with Gasteiger partial charge in [0.1, 0.15) is 5.75 Å². The number of nitrogens with zero attached hydrogens (tertiary/aromatic N) is 2. The van der Waals surface area contributed by atoms with E-state index >= 15 is 0 Å². The number of nitrogens with two attached hydrogens (primary N) is 1. The standard InChI is InChI=1S/C18H28N4O2.HI/c1-14(2)24-16-8-6-15(7-9-16)21-18(19)20-11-10-17(23)22-12-4-3-5-13-22;/h6-9,14H,3-5,10-13H2,1-2H3,(H3,19,20,21);1H. The van der Waals surface area contributed by atoms with Crippen molar-refractivity contribution < 1.29 is 9.53 Å². The Morgan fingerprint density at radius 2 is 1.88 bits per heavy atom. The maximum atomic E-state index is 12.0. The molecule has 1 aliphatic rings. The Bertz CT molecular complexity index is 555. The number of carbonyl (C=O) groups excluding carboxylic acids is 1. The first-order chi connectivity index (χ1) is 11.5. The van der Waals surface area contributed by atoms with Gasteiger partial charge in [0.2, 0.25) is 5.91 Å². The van der Waals surface area contributed by atoms with Crippen molar-refractivity contribution in [2.24, 2.45) is 10.7 Å². The van der Waals surface area contributed by atoms with Gasteiger partial charge in [0.15, 0.2) is 5.96 Å².